The van der Waals surface area contributed by atoms with E-state index in [1.54, 1.807) is 24.1 Å². The second kappa shape index (κ2) is 5.44. The largest absolute Gasteiger partial charge is 0.383 e. The highest BCUT2D eigenvalue weighted by atomic mass is 16.6. The number of aromatic nitrogens is 2. The average Bonchev–Trinajstić information content (AvgIpc) is 2.52. The summed E-state index contributed by atoms with van der Waals surface area (Å²) in [5, 5.41) is 15.0. The van der Waals surface area contributed by atoms with E-state index in [1.807, 2.05) is 14.1 Å². The lowest BCUT2D eigenvalue weighted by Gasteiger charge is -2.04. The molecule has 0 amide bonds. The van der Waals surface area contributed by atoms with Gasteiger partial charge in [-0.1, -0.05) is 0 Å². The maximum Gasteiger partial charge on any atom is 0.317 e. The number of hydrogen-bond donors (Lipinski definition) is 0. The zero-order chi connectivity index (χ0) is 13.0. The van der Waals surface area contributed by atoms with Crippen LogP contribution < -0.4 is 0 Å². The van der Waals surface area contributed by atoms with Crippen LogP contribution in [-0.4, -0.2) is 40.8 Å². The summed E-state index contributed by atoms with van der Waals surface area (Å²) in [7, 11) is 5.20. The van der Waals surface area contributed by atoms with Crippen LogP contribution >= 0.6 is 0 Å². The molecule has 94 valence electrons. The lowest BCUT2D eigenvalue weighted by Crippen LogP contribution is -2.06. The Hall–Kier alpha value is -1.89. The van der Waals surface area contributed by atoms with Gasteiger partial charge in [-0.25, -0.2) is 4.68 Å². The molecule has 0 N–H and O–H groups in total. The van der Waals surface area contributed by atoms with Crippen molar-refractivity contribution in [2.45, 2.75) is 13.7 Å². The molecule has 1 rings (SSSR count). The van der Waals surface area contributed by atoms with Crippen LogP contribution in [0.15, 0.2) is 6.20 Å². The van der Waals surface area contributed by atoms with Gasteiger partial charge in [0.1, 0.15) is 18.1 Å². The normalized spacial score (nSPS) is 11.1. The Kier molecular flexibility index (Phi) is 4.22. The van der Waals surface area contributed by atoms with Gasteiger partial charge in [0.15, 0.2) is 0 Å². The monoisotopic (exact) mass is 240 g/mol. The number of aryl methyl sites for hydroxylation is 1. The number of hydrogen-bond acceptors (Lipinski definition) is 5. The number of rotatable bonds is 5. The highest BCUT2D eigenvalue weighted by molar-refractivity contribution is 5.59. The molecule has 0 unspecified atom stereocenters. The molecule has 0 aromatic carbocycles. The quantitative estimate of drug-likeness (QED) is 0.571. The van der Waals surface area contributed by atoms with Crippen LogP contribution in [0, 0.1) is 17.0 Å². The molecule has 0 bridgehead atoms. The fraction of sp³-hybridized carbons (Fsp3) is 0.500. The standard InChI is InChI=1S/C10H16N4O3/c1-8-10(14(15)16)9(5-6-12(2)3)13(11-8)7-17-4/h5-6H,7H2,1-4H3. The molecule has 1 aromatic rings. The van der Waals surface area contributed by atoms with Gasteiger partial charge < -0.3 is 9.64 Å². The summed E-state index contributed by atoms with van der Waals surface area (Å²) in [6.45, 7) is 1.79. The second-order valence-corrected chi connectivity index (χ2v) is 3.77. The Morgan fingerprint density at radius 2 is 2.24 bits per heavy atom. The van der Waals surface area contributed by atoms with Gasteiger partial charge in [0, 0.05) is 27.4 Å². The lowest BCUT2D eigenvalue weighted by atomic mass is 10.3. The van der Waals surface area contributed by atoms with Gasteiger partial charge in [-0.15, -0.1) is 0 Å². The SMILES string of the molecule is COCn1nc(C)c([N+](=O)[O-])c1C=CN(C)C. The highest BCUT2D eigenvalue weighted by Crippen LogP contribution is 2.24. The Balaban J connectivity index is 3.24. The molecular weight excluding hydrogens is 224 g/mol. The van der Waals surface area contributed by atoms with Gasteiger partial charge in [0.2, 0.25) is 0 Å². The van der Waals surface area contributed by atoms with Crippen LogP contribution in [-0.2, 0) is 11.5 Å². The van der Waals surface area contributed by atoms with E-state index in [-0.39, 0.29) is 12.4 Å². The lowest BCUT2D eigenvalue weighted by molar-refractivity contribution is -0.385. The van der Waals surface area contributed by atoms with Crippen molar-refractivity contribution < 1.29 is 9.66 Å². The first kappa shape index (κ1) is 13.2. The fourth-order valence-electron chi connectivity index (χ4n) is 1.42. The number of nitrogens with zero attached hydrogens (tertiary/aromatic N) is 4. The Labute approximate surface area is 99.4 Å². The molecule has 0 saturated carbocycles. The molecule has 0 spiro atoms. The average molecular weight is 240 g/mol. The molecule has 0 atom stereocenters. The van der Waals surface area contributed by atoms with E-state index >= 15 is 0 Å². The van der Waals surface area contributed by atoms with Gasteiger partial charge in [0.25, 0.3) is 0 Å². The van der Waals surface area contributed by atoms with E-state index < -0.39 is 4.92 Å². The predicted molar refractivity (Wildman–Crippen MR) is 63.3 cm³/mol. The van der Waals surface area contributed by atoms with Crippen LogP contribution in [0.2, 0.25) is 0 Å². The van der Waals surface area contributed by atoms with Crippen LogP contribution in [0.4, 0.5) is 5.69 Å². The molecular formula is C10H16N4O3. The topological polar surface area (TPSA) is 73.4 Å². The maximum atomic E-state index is 11.0. The van der Waals surface area contributed by atoms with E-state index in [1.165, 1.54) is 11.8 Å². The Bertz CT molecular complexity index is 437. The van der Waals surface area contributed by atoms with Crippen molar-refractivity contribution >= 4 is 11.8 Å². The van der Waals surface area contributed by atoms with Crippen molar-refractivity contribution in [3.8, 4) is 0 Å². The minimum atomic E-state index is -0.427. The van der Waals surface area contributed by atoms with Crippen molar-refractivity contribution in [3.63, 3.8) is 0 Å². The van der Waals surface area contributed by atoms with E-state index in [0.717, 1.165) is 0 Å². The molecule has 7 heteroatoms. The summed E-state index contributed by atoms with van der Waals surface area (Å²) in [5.41, 5.74) is 0.827. The van der Waals surface area contributed by atoms with Crippen molar-refractivity contribution in [2.75, 3.05) is 21.2 Å². The molecule has 0 aliphatic carbocycles. The Morgan fingerprint density at radius 1 is 1.59 bits per heavy atom. The zero-order valence-electron chi connectivity index (χ0n) is 10.4. The van der Waals surface area contributed by atoms with Crippen molar-refractivity contribution in [1.82, 2.24) is 14.7 Å². The van der Waals surface area contributed by atoms with Crippen molar-refractivity contribution in [3.05, 3.63) is 27.7 Å². The summed E-state index contributed by atoms with van der Waals surface area (Å²) < 4.78 is 6.42. The highest BCUT2D eigenvalue weighted by Gasteiger charge is 2.23. The smallest absolute Gasteiger partial charge is 0.317 e. The molecule has 0 radical (unpaired) electrons. The van der Waals surface area contributed by atoms with Crippen LogP contribution in [0.3, 0.4) is 0 Å². The summed E-state index contributed by atoms with van der Waals surface area (Å²) in [5.74, 6) is 0. The van der Waals surface area contributed by atoms with Crippen LogP contribution in [0.5, 0.6) is 0 Å². The fourth-order valence-corrected chi connectivity index (χ4v) is 1.42. The van der Waals surface area contributed by atoms with Gasteiger partial charge in [0.05, 0.1) is 4.92 Å². The summed E-state index contributed by atoms with van der Waals surface area (Å²) in [6, 6.07) is 0. The number of nitro groups is 1. The maximum absolute atomic E-state index is 11.0. The molecule has 0 aliphatic rings. The van der Waals surface area contributed by atoms with Crippen molar-refractivity contribution in [2.24, 2.45) is 0 Å². The van der Waals surface area contributed by atoms with Crippen LogP contribution in [0.25, 0.3) is 6.08 Å². The van der Waals surface area contributed by atoms with Crippen molar-refractivity contribution in [1.29, 1.82) is 0 Å². The summed E-state index contributed by atoms with van der Waals surface area (Å²) >= 11 is 0. The third-order valence-electron chi connectivity index (χ3n) is 2.10. The minimum absolute atomic E-state index is 0.0140. The van der Waals surface area contributed by atoms with E-state index in [9.17, 15) is 10.1 Å². The van der Waals surface area contributed by atoms with Gasteiger partial charge in [-0.05, 0) is 13.0 Å². The molecule has 0 saturated heterocycles. The zero-order valence-corrected chi connectivity index (χ0v) is 10.4. The Morgan fingerprint density at radius 3 is 2.71 bits per heavy atom. The molecule has 1 heterocycles. The van der Waals surface area contributed by atoms with Crippen LogP contribution in [0.1, 0.15) is 11.4 Å². The summed E-state index contributed by atoms with van der Waals surface area (Å²) in [6.07, 6.45) is 3.38. The van der Waals surface area contributed by atoms with E-state index in [2.05, 4.69) is 5.10 Å². The van der Waals surface area contributed by atoms with E-state index in [4.69, 9.17) is 4.74 Å². The molecule has 1 aromatic heterocycles. The molecule has 0 aliphatic heterocycles. The third-order valence-corrected chi connectivity index (χ3v) is 2.10. The predicted octanol–water partition coefficient (Wildman–Crippen LogP) is 1.24. The van der Waals surface area contributed by atoms with Gasteiger partial charge in [-0.2, -0.15) is 5.10 Å². The van der Waals surface area contributed by atoms with Gasteiger partial charge >= 0.3 is 5.69 Å². The molecule has 0 fully saturated rings. The summed E-state index contributed by atoms with van der Waals surface area (Å²) in [4.78, 5) is 12.3. The molecule has 7 nitrogen and oxygen atoms in total. The first-order valence-corrected chi connectivity index (χ1v) is 5.02. The second-order valence-electron chi connectivity index (χ2n) is 3.77. The number of methoxy groups -OCH3 is 1. The minimum Gasteiger partial charge on any atom is -0.383 e. The van der Waals surface area contributed by atoms with E-state index in [0.29, 0.717) is 11.4 Å². The first-order valence-electron chi connectivity index (χ1n) is 5.02. The number of ether oxygens (including phenoxy) is 1. The first-order chi connectivity index (χ1) is 7.97. The molecule has 17 heavy (non-hydrogen) atoms. The third kappa shape index (κ3) is 3.04. The van der Waals surface area contributed by atoms with Gasteiger partial charge in [-0.3, -0.25) is 10.1 Å².